The molecule has 1 aromatic carbocycles. The first-order valence-corrected chi connectivity index (χ1v) is 9.38. The summed E-state index contributed by atoms with van der Waals surface area (Å²) in [6, 6.07) is 4.61. The van der Waals surface area contributed by atoms with Crippen molar-refractivity contribution in [3.05, 3.63) is 34.9 Å². The van der Waals surface area contributed by atoms with Crippen molar-refractivity contribution in [2.75, 3.05) is 36.9 Å². The lowest BCUT2D eigenvalue weighted by atomic mass is 10.0. The molecule has 0 aliphatic carbocycles. The van der Waals surface area contributed by atoms with Crippen molar-refractivity contribution in [2.24, 2.45) is 0 Å². The van der Waals surface area contributed by atoms with Crippen LogP contribution in [0.1, 0.15) is 32.5 Å². The van der Waals surface area contributed by atoms with Crippen LogP contribution in [0.3, 0.4) is 0 Å². The number of carbonyl (C=O) groups is 2. The zero-order chi connectivity index (χ0) is 17.9. The summed E-state index contributed by atoms with van der Waals surface area (Å²) in [7, 11) is 0. The summed E-state index contributed by atoms with van der Waals surface area (Å²) < 4.78 is 0. The molecule has 0 fully saturated rings. The number of hydrogen-bond acceptors (Lipinski definition) is 7. The van der Waals surface area contributed by atoms with Crippen molar-refractivity contribution < 1.29 is 14.7 Å². The highest BCUT2D eigenvalue weighted by Gasteiger charge is 2.16. The summed E-state index contributed by atoms with van der Waals surface area (Å²) in [6.07, 6.45) is -0.994. The number of aliphatic hydroxyl groups is 1. The Hall–Kier alpha value is -0.870. The molecule has 24 heavy (non-hydrogen) atoms. The van der Waals surface area contributed by atoms with Crippen LogP contribution in [0.15, 0.2) is 18.2 Å². The Labute approximate surface area is 158 Å². The van der Waals surface area contributed by atoms with E-state index in [9.17, 15) is 14.7 Å². The van der Waals surface area contributed by atoms with Gasteiger partial charge in [-0.2, -0.15) is 37.9 Å². The predicted molar refractivity (Wildman–Crippen MR) is 106 cm³/mol. The van der Waals surface area contributed by atoms with Gasteiger partial charge in [0.15, 0.2) is 0 Å². The summed E-state index contributed by atoms with van der Waals surface area (Å²) in [5.41, 5.74) is 1.04. The van der Waals surface area contributed by atoms with E-state index in [0.29, 0.717) is 53.6 Å². The number of carbonyl (C=O) groups excluding carboxylic acids is 2. The van der Waals surface area contributed by atoms with Crippen LogP contribution >= 0.6 is 37.9 Å². The maximum atomic E-state index is 12.2. The molecule has 0 radical (unpaired) electrons. The van der Waals surface area contributed by atoms with Crippen LogP contribution < -0.4 is 16.0 Å². The van der Waals surface area contributed by atoms with Crippen LogP contribution in [-0.4, -0.2) is 53.8 Å². The van der Waals surface area contributed by atoms with Gasteiger partial charge in [0.1, 0.15) is 6.23 Å². The molecule has 0 heterocycles. The smallest absolute Gasteiger partial charge is 0.251 e. The molecule has 0 saturated carbocycles. The third-order valence-corrected chi connectivity index (χ3v) is 3.71. The fourth-order valence-electron chi connectivity index (χ4n) is 1.93. The lowest BCUT2D eigenvalue weighted by Crippen LogP contribution is -2.29. The molecular weight excluding hydrogens is 366 g/mol. The Morgan fingerprint density at radius 1 is 0.875 bits per heavy atom. The van der Waals surface area contributed by atoms with Crippen molar-refractivity contribution in [3.63, 3.8) is 0 Å². The summed E-state index contributed by atoms with van der Waals surface area (Å²) in [5.74, 6) is 0.916. The minimum atomic E-state index is -0.994. The second kappa shape index (κ2) is 11.6. The maximum Gasteiger partial charge on any atom is 0.251 e. The van der Waals surface area contributed by atoms with E-state index in [0.717, 1.165) is 0 Å². The van der Waals surface area contributed by atoms with Crippen LogP contribution in [0, 0.1) is 0 Å². The molecule has 0 saturated heterocycles. The molecule has 1 rings (SSSR count). The maximum absolute atomic E-state index is 12.2. The Morgan fingerprint density at radius 3 is 1.75 bits per heavy atom. The van der Waals surface area contributed by atoms with Crippen LogP contribution in [0.5, 0.6) is 0 Å². The highest BCUT2D eigenvalue weighted by Crippen LogP contribution is 2.16. The van der Waals surface area contributed by atoms with E-state index >= 15 is 0 Å². The quantitative estimate of drug-likeness (QED) is 0.235. The largest absolute Gasteiger partial charge is 0.374 e. The average molecular weight is 390 g/mol. The van der Waals surface area contributed by atoms with Gasteiger partial charge in [-0.25, -0.2) is 0 Å². The minimum absolute atomic E-state index is 0.303. The Kier molecular flexibility index (Phi) is 10.3. The molecule has 0 aromatic heterocycles. The van der Waals surface area contributed by atoms with Gasteiger partial charge in [0.05, 0.1) is 0 Å². The topological polar surface area (TPSA) is 90.5 Å². The molecule has 0 spiro atoms. The summed E-state index contributed by atoms with van der Waals surface area (Å²) >= 11 is 12.2. The van der Waals surface area contributed by atoms with Gasteiger partial charge < -0.3 is 15.7 Å². The van der Waals surface area contributed by atoms with Gasteiger partial charge in [-0.1, -0.05) is 0 Å². The lowest BCUT2D eigenvalue weighted by molar-refractivity contribution is 0.0955. The second-order valence-corrected chi connectivity index (χ2v) is 6.22. The SMILES string of the molecule is O=C(NCCS)c1cc(C(=O)NCCS)cc(C(O)NCCS)c1. The van der Waals surface area contributed by atoms with E-state index in [1.54, 1.807) is 12.1 Å². The van der Waals surface area contributed by atoms with E-state index in [-0.39, 0.29) is 11.8 Å². The number of nitrogens with one attached hydrogen (secondary N) is 3. The van der Waals surface area contributed by atoms with Gasteiger partial charge in [-0.15, -0.1) is 0 Å². The van der Waals surface area contributed by atoms with Gasteiger partial charge in [-0.05, 0) is 23.8 Å². The number of benzene rings is 1. The van der Waals surface area contributed by atoms with Gasteiger partial charge in [0, 0.05) is 48.0 Å². The Morgan fingerprint density at radius 2 is 1.33 bits per heavy atom. The zero-order valence-electron chi connectivity index (χ0n) is 13.2. The third kappa shape index (κ3) is 6.94. The molecule has 0 bridgehead atoms. The van der Waals surface area contributed by atoms with E-state index in [1.165, 1.54) is 6.07 Å². The van der Waals surface area contributed by atoms with Crippen molar-refractivity contribution >= 4 is 49.7 Å². The summed E-state index contributed by atoms with van der Waals surface area (Å²) in [5, 5.41) is 18.4. The van der Waals surface area contributed by atoms with Crippen molar-refractivity contribution in [1.29, 1.82) is 0 Å². The normalized spacial score (nSPS) is 11.8. The third-order valence-electron chi connectivity index (χ3n) is 3.04. The second-order valence-electron chi connectivity index (χ2n) is 4.88. The minimum Gasteiger partial charge on any atom is -0.374 e. The number of thiol groups is 3. The highest BCUT2D eigenvalue weighted by atomic mass is 32.1. The van der Waals surface area contributed by atoms with Crippen LogP contribution in [0.25, 0.3) is 0 Å². The average Bonchev–Trinajstić information content (AvgIpc) is 2.61. The number of hydrogen-bond donors (Lipinski definition) is 7. The van der Waals surface area contributed by atoms with Gasteiger partial charge in [-0.3, -0.25) is 14.9 Å². The first kappa shape index (κ1) is 21.2. The molecule has 134 valence electrons. The fourth-order valence-corrected chi connectivity index (χ4v) is 2.29. The van der Waals surface area contributed by atoms with Crippen LogP contribution in [-0.2, 0) is 0 Å². The number of aliphatic hydroxyl groups excluding tert-OH is 1. The summed E-state index contributed by atoms with van der Waals surface area (Å²) in [6.45, 7) is 1.31. The van der Waals surface area contributed by atoms with Crippen molar-refractivity contribution in [1.82, 2.24) is 16.0 Å². The molecule has 9 heteroatoms. The van der Waals surface area contributed by atoms with E-state index in [1.807, 2.05) is 0 Å². The van der Waals surface area contributed by atoms with Gasteiger partial charge >= 0.3 is 0 Å². The Bertz CT molecular complexity index is 520. The first-order valence-electron chi connectivity index (χ1n) is 7.49. The molecule has 6 nitrogen and oxygen atoms in total. The zero-order valence-corrected chi connectivity index (χ0v) is 15.8. The molecule has 4 N–H and O–H groups in total. The van der Waals surface area contributed by atoms with Crippen molar-refractivity contribution in [2.45, 2.75) is 6.23 Å². The van der Waals surface area contributed by atoms with Gasteiger partial charge in [0.25, 0.3) is 11.8 Å². The molecule has 1 aromatic rings. The molecule has 0 aliphatic heterocycles. The number of rotatable bonds is 10. The van der Waals surface area contributed by atoms with E-state index in [2.05, 4.69) is 53.8 Å². The summed E-state index contributed by atoms with van der Waals surface area (Å²) in [4.78, 5) is 24.4. The van der Waals surface area contributed by atoms with E-state index < -0.39 is 6.23 Å². The molecule has 2 amide bonds. The number of amides is 2. The highest BCUT2D eigenvalue weighted by molar-refractivity contribution is 7.80. The molecular formula is C15H23N3O3S3. The van der Waals surface area contributed by atoms with Crippen LogP contribution in [0.2, 0.25) is 0 Å². The monoisotopic (exact) mass is 389 g/mol. The lowest BCUT2D eigenvalue weighted by Gasteiger charge is -2.15. The standard InChI is InChI=1S/C15H23N3O3S3/c19-13(16-1-4-22)10-7-11(14(20)17-2-5-23)9-12(8-10)15(21)18-3-6-24/h7-9,13,16,19,22-24H,1-6H2,(H,17,20)(H,18,21). The van der Waals surface area contributed by atoms with E-state index in [4.69, 9.17) is 0 Å². The Balaban J connectivity index is 3.08. The predicted octanol–water partition coefficient (Wildman–Crippen LogP) is 0.516. The fraction of sp³-hybridized carbons (Fsp3) is 0.467. The van der Waals surface area contributed by atoms with Crippen molar-refractivity contribution in [3.8, 4) is 0 Å². The molecule has 1 atom stereocenters. The molecule has 1 unspecified atom stereocenters. The molecule has 0 aliphatic rings. The van der Waals surface area contributed by atoms with Crippen LogP contribution in [0.4, 0.5) is 0 Å². The first-order chi connectivity index (χ1) is 11.5. The van der Waals surface area contributed by atoms with Gasteiger partial charge in [0.2, 0.25) is 0 Å².